The molecule has 1 aliphatic rings. The van der Waals surface area contributed by atoms with Crippen LogP contribution in [0.25, 0.3) is 22.3 Å². The molecule has 1 aliphatic heterocycles. The third-order valence-corrected chi connectivity index (χ3v) is 7.40. The van der Waals surface area contributed by atoms with Gasteiger partial charge < -0.3 is 14.2 Å². The van der Waals surface area contributed by atoms with Gasteiger partial charge >= 0.3 is 6.11 Å². The Morgan fingerprint density at radius 3 is 1.91 bits per heavy atom. The summed E-state index contributed by atoms with van der Waals surface area (Å²) in [5, 5.41) is 0. The summed E-state index contributed by atoms with van der Waals surface area (Å²) in [6.07, 6.45) is 0.0226. The van der Waals surface area contributed by atoms with Crippen LogP contribution in [0.4, 0.5) is 26.3 Å². The van der Waals surface area contributed by atoms with Crippen molar-refractivity contribution in [3.63, 3.8) is 0 Å². The predicted molar refractivity (Wildman–Crippen MR) is 150 cm³/mol. The molecule has 226 valence electrons. The van der Waals surface area contributed by atoms with Crippen LogP contribution in [0, 0.1) is 29.2 Å². The number of rotatable bonds is 10. The Balaban J connectivity index is 1.24. The zero-order valence-corrected chi connectivity index (χ0v) is 23.4. The van der Waals surface area contributed by atoms with E-state index in [0.29, 0.717) is 24.7 Å². The lowest BCUT2D eigenvalue weighted by atomic mass is 9.99. The van der Waals surface area contributed by atoms with E-state index in [1.54, 1.807) is 0 Å². The van der Waals surface area contributed by atoms with Crippen LogP contribution < -0.4 is 4.74 Å². The van der Waals surface area contributed by atoms with Crippen LogP contribution in [0.1, 0.15) is 50.0 Å². The summed E-state index contributed by atoms with van der Waals surface area (Å²) >= 11 is 0. The monoisotopic (exact) mass is 600 g/mol. The molecule has 4 aromatic carbocycles. The molecule has 5 rings (SSSR count). The molecule has 1 fully saturated rings. The van der Waals surface area contributed by atoms with Gasteiger partial charge in [0.05, 0.1) is 18.8 Å². The Morgan fingerprint density at radius 2 is 1.30 bits per heavy atom. The van der Waals surface area contributed by atoms with Gasteiger partial charge in [0.1, 0.15) is 17.4 Å². The van der Waals surface area contributed by atoms with Gasteiger partial charge in [-0.05, 0) is 60.0 Å². The fourth-order valence-corrected chi connectivity index (χ4v) is 5.00. The van der Waals surface area contributed by atoms with E-state index >= 15 is 0 Å². The van der Waals surface area contributed by atoms with Crippen molar-refractivity contribution in [2.45, 2.75) is 45.0 Å². The SMILES string of the molecule is CCCCCC1COC(c2ccc(C(F)(F)Oc3ccc(-c4ccc(-c5ccc(F)c(F)c5)c(F)c4)c(F)c3)cc2)OC1. The maximum Gasteiger partial charge on any atom is 0.426 e. The number of hydrogen-bond acceptors (Lipinski definition) is 3. The molecule has 0 spiro atoms. The molecule has 1 heterocycles. The van der Waals surface area contributed by atoms with Gasteiger partial charge in [-0.2, -0.15) is 8.78 Å². The van der Waals surface area contributed by atoms with Crippen LogP contribution in [-0.4, -0.2) is 13.2 Å². The molecule has 1 saturated heterocycles. The van der Waals surface area contributed by atoms with Gasteiger partial charge in [-0.1, -0.05) is 56.5 Å². The zero-order chi connectivity index (χ0) is 30.6. The first-order valence-corrected chi connectivity index (χ1v) is 14.1. The fourth-order valence-electron chi connectivity index (χ4n) is 5.00. The average molecular weight is 601 g/mol. The first-order valence-electron chi connectivity index (χ1n) is 14.1. The maximum absolute atomic E-state index is 15.0. The van der Waals surface area contributed by atoms with E-state index in [1.807, 2.05) is 0 Å². The molecule has 0 bridgehead atoms. The zero-order valence-electron chi connectivity index (χ0n) is 23.4. The van der Waals surface area contributed by atoms with Gasteiger partial charge in [0.25, 0.3) is 0 Å². The summed E-state index contributed by atoms with van der Waals surface area (Å²) in [4.78, 5) is 0. The van der Waals surface area contributed by atoms with Crippen LogP contribution in [0.3, 0.4) is 0 Å². The van der Waals surface area contributed by atoms with E-state index in [4.69, 9.17) is 14.2 Å². The molecule has 0 aliphatic carbocycles. The summed E-state index contributed by atoms with van der Waals surface area (Å²) in [7, 11) is 0. The van der Waals surface area contributed by atoms with Gasteiger partial charge in [-0.25, -0.2) is 17.6 Å². The second-order valence-electron chi connectivity index (χ2n) is 10.6. The van der Waals surface area contributed by atoms with Crippen LogP contribution in [0.2, 0.25) is 0 Å². The van der Waals surface area contributed by atoms with Crippen LogP contribution in [0.15, 0.2) is 78.9 Å². The Kier molecular flexibility index (Phi) is 9.42. The highest BCUT2D eigenvalue weighted by atomic mass is 19.3. The Bertz CT molecular complexity index is 1550. The van der Waals surface area contributed by atoms with Crippen molar-refractivity contribution in [2.24, 2.45) is 5.92 Å². The third kappa shape index (κ3) is 7.22. The summed E-state index contributed by atoms with van der Waals surface area (Å²) in [5.41, 5.74) is 0.314. The van der Waals surface area contributed by atoms with E-state index in [1.165, 1.54) is 48.5 Å². The number of benzene rings is 4. The number of halogens is 6. The molecule has 43 heavy (non-hydrogen) atoms. The van der Waals surface area contributed by atoms with Gasteiger partial charge in [0.15, 0.2) is 17.9 Å². The summed E-state index contributed by atoms with van der Waals surface area (Å²) in [6, 6.07) is 15.2. The number of hydrogen-bond donors (Lipinski definition) is 0. The average Bonchev–Trinajstić information content (AvgIpc) is 2.99. The smallest absolute Gasteiger partial charge is 0.426 e. The van der Waals surface area contributed by atoms with Crippen molar-refractivity contribution in [3.05, 3.63) is 113 Å². The van der Waals surface area contributed by atoms with Crippen molar-refractivity contribution in [2.75, 3.05) is 13.2 Å². The molecular formula is C34H30F6O3. The number of unbranched alkanes of at least 4 members (excludes halogenated alkanes) is 2. The third-order valence-electron chi connectivity index (χ3n) is 7.40. The Labute approximate surface area is 246 Å². The van der Waals surface area contributed by atoms with E-state index < -0.39 is 47.0 Å². The lowest BCUT2D eigenvalue weighted by Gasteiger charge is -2.30. The first-order chi connectivity index (χ1) is 20.6. The highest BCUT2D eigenvalue weighted by Crippen LogP contribution is 2.36. The van der Waals surface area contributed by atoms with E-state index in [-0.39, 0.29) is 22.3 Å². The molecule has 0 unspecified atom stereocenters. The lowest BCUT2D eigenvalue weighted by Crippen LogP contribution is -2.27. The Morgan fingerprint density at radius 1 is 0.698 bits per heavy atom. The normalized spacial score (nSPS) is 17.2. The molecular weight excluding hydrogens is 570 g/mol. The molecule has 0 radical (unpaired) electrons. The van der Waals surface area contributed by atoms with Crippen molar-refractivity contribution in [1.82, 2.24) is 0 Å². The largest absolute Gasteiger partial charge is 0.429 e. The predicted octanol–water partition coefficient (Wildman–Crippen LogP) is 9.95. The van der Waals surface area contributed by atoms with Crippen molar-refractivity contribution in [1.29, 1.82) is 0 Å². The van der Waals surface area contributed by atoms with E-state index in [2.05, 4.69) is 6.92 Å². The summed E-state index contributed by atoms with van der Waals surface area (Å²) in [6.45, 7) is 3.23. The van der Waals surface area contributed by atoms with Crippen molar-refractivity contribution in [3.8, 4) is 28.0 Å². The first kappa shape index (κ1) is 30.6. The standard InChI is InChI=1S/C34H30F6O3/c1-2-3-4-5-21-19-41-33(42-20-21)22-6-10-25(11-7-22)34(39,40)43-26-12-14-28(31(37)18-26)23-8-13-27(30(36)16-23)24-9-15-29(35)32(38)17-24/h6-18,21,33H,2-5,19-20H2,1H3. The minimum Gasteiger partial charge on any atom is -0.429 e. The van der Waals surface area contributed by atoms with Crippen molar-refractivity contribution >= 4 is 0 Å². The fraction of sp³-hybridized carbons (Fsp3) is 0.294. The van der Waals surface area contributed by atoms with E-state index in [0.717, 1.165) is 56.0 Å². The number of ether oxygens (including phenoxy) is 3. The summed E-state index contributed by atoms with van der Waals surface area (Å²) in [5.74, 6) is -4.02. The second kappa shape index (κ2) is 13.2. The van der Waals surface area contributed by atoms with Gasteiger partial charge in [0, 0.05) is 28.7 Å². The van der Waals surface area contributed by atoms with Gasteiger partial charge in [0.2, 0.25) is 0 Å². The molecule has 0 aromatic heterocycles. The molecule has 0 amide bonds. The number of alkyl halides is 2. The molecule has 3 nitrogen and oxygen atoms in total. The summed E-state index contributed by atoms with van der Waals surface area (Å²) < 4.78 is 103. The second-order valence-corrected chi connectivity index (χ2v) is 10.6. The van der Waals surface area contributed by atoms with Gasteiger partial charge in [-0.15, -0.1) is 0 Å². The molecule has 0 saturated carbocycles. The molecule has 0 atom stereocenters. The van der Waals surface area contributed by atoms with Crippen LogP contribution in [-0.2, 0) is 15.6 Å². The lowest BCUT2D eigenvalue weighted by molar-refractivity contribution is -0.206. The van der Waals surface area contributed by atoms with Gasteiger partial charge in [-0.3, -0.25) is 0 Å². The molecule has 0 N–H and O–H groups in total. The topological polar surface area (TPSA) is 27.7 Å². The van der Waals surface area contributed by atoms with Crippen LogP contribution >= 0.6 is 0 Å². The minimum atomic E-state index is -3.77. The highest BCUT2D eigenvalue weighted by molar-refractivity contribution is 5.71. The minimum absolute atomic E-state index is 0.0121. The van der Waals surface area contributed by atoms with E-state index in [9.17, 15) is 26.3 Å². The van der Waals surface area contributed by atoms with Crippen molar-refractivity contribution < 1.29 is 40.6 Å². The Hall–Kier alpha value is -3.82. The maximum atomic E-state index is 15.0. The van der Waals surface area contributed by atoms with Crippen LogP contribution in [0.5, 0.6) is 5.75 Å². The quantitative estimate of drug-likeness (QED) is 0.134. The molecule has 4 aromatic rings. The molecule has 9 heteroatoms. The highest BCUT2D eigenvalue weighted by Gasteiger charge is 2.35.